The first-order chi connectivity index (χ1) is 13.6. The summed E-state index contributed by atoms with van der Waals surface area (Å²) < 4.78 is 11.0. The van der Waals surface area contributed by atoms with E-state index in [1.165, 1.54) is 0 Å². The summed E-state index contributed by atoms with van der Waals surface area (Å²) >= 11 is 0. The number of carbonyl (C=O) groups is 2. The van der Waals surface area contributed by atoms with Gasteiger partial charge in [-0.1, -0.05) is 30.3 Å². The second-order valence-corrected chi connectivity index (χ2v) is 7.21. The fraction of sp³-hybridized carbons (Fsp3) is 0.364. The van der Waals surface area contributed by atoms with Crippen LogP contribution in [-0.4, -0.2) is 48.2 Å². The van der Waals surface area contributed by atoms with Gasteiger partial charge in [-0.15, -0.1) is 0 Å². The molecular formula is C22H23NO5. The van der Waals surface area contributed by atoms with Gasteiger partial charge in [-0.3, -0.25) is 9.59 Å². The second kappa shape index (κ2) is 7.64. The molecule has 0 aromatic heterocycles. The Kier molecular flexibility index (Phi) is 5.05. The Morgan fingerprint density at radius 1 is 1.21 bits per heavy atom. The molecule has 0 aliphatic carbocycles. The zero-order chi connectivity index (χ0) is 19.7. The first-order valence-corrected chi connectivity index (χ1v) is 9.48. The molecule has 0 bridgehead atoms. The summed E-state index contributed by atoms with van der Waals surface area (Å²) in [5.74, 6) is -1.25. The number of fused-ring (bicyclic) bond motifs is 1. The number of hydrogen-bond donors (Lipinski definition) is 1. The van der Waals surface area contributed by atoms with Crippen molar-refractivity contribution in [3.05, 3.63) is 65.2 Å². The Bertz CT molecular complexity index is 873. The SMILES string of the molecule is COc1ccc([C@@H]2[C@H](C(=O)O)c3ccccc3C(=O)N2C[C@H]2CCCO2)cc1. The highest BCUT2D eigenvalue weighted by atomic mass is 16.5. The number of benzene rings is 2. The predicted octanol–water partition coefficient (Wildman–Crippen LogP) is 3.24. The lowest BCUT2D eigenvalue weighted by atomic mass is 9.79. The molecule has 6 heteroatoms. The summed E-state index contributed by atoms with van der Waals surface area (Å²) in [5, 5.41) is 10.1. The van der Waals surface area contributed by atoms with Gasteiger partial charge in [-0.25, -0.2) is 0 Å². The second-order valence-electron chi connectivity index (χ2n) is 7.21. The van der Waals surface area contributed by atoms with E-state index in [2.05, 4.69) is 0 Å². The van der Waals surface area contributed by atoms with Gasteiger partial charge in [0.25, 0.3) is 5.91 Å². The summed E-state index contributed by atoms with van der Waals surface area (Å²) in [7, 11) is 1.58. The van der Waals surface area contributed by atoms with Gasteiger partial charge in [0.1, 0.15) is 11.7 Å². The maximum atomic E-state index is 13.3. The minimum atomic E-state index is -0.946. The van der Waals surface area contributed by atoms with E-state index in [-0.39, 0.29) is 12.0 Å². The first-order valence-electron chi connectivity index (χ1n) is 9.48. The van der Waals surface area contributed by atoms with Crippen LogP contribution in [0.15, 0.2) is 48.5 Å². The molecule has 1 saturated heterocycles. The summed E-state index contributed by atoms with van der Waals surface area (Å²) in [6, 6.07) is 13.7. The predicted molar refractivity (Wildman–Crippen MR) is 103 cm³/mol. The summed E-state index contributed by atoms with van der Waals surface area (Å²) in [4.78, 5) is 27.3. The van der Waals surface area contributed by atoms with Gasteiger partial charge in [0, 0.05) is 18.7 Å². The number of carboxylic acids is 1. The van der Waals surface area contributed by atoms with E-state index < -0.39 is 17.9 Å². The number of methoxy groups -OCH3 is 1. The molecule has 0 spiro atoms. The van der Waals surface area contributed by atoms with Crippen molar-refractivity contribution in [3.8, 4) is 5.75 Å². The van der Waals surface area contributed by atoms with Crippen LogP contribution in [-0.2, 0) is 9.53 Å². The van der Waals surface area contributed by atoms with E-state index in [1.807, 2.05) is 12.1 Å². The number of carbonyl (C=O) groups excluding carboxylic acids is 1. The van der Waals surface area contributed by atoms with Crippen LogP contribution in [0.2, 0.25) is 0 Å². The summed E-state index contributed by atoms with van der Waals surface area (Å²) in [6.45, 7) is 1.06. The van der Waals surface area contributed by atoms with Gasteiger partial charge in [0.05, 0.1) is 19.3 Å². The van der Waals surface area contributed by atoms with E-state index in [4.69, 9.17) is 9.47 Å². The quantitative estimate of drug-likeness (QED) is 0.860. The van der Waals surface area contributed by atoms with Crippen molar-refractivity contribution in [1.82, 2.24) is 4.90 Å². The zero-order valence-corrected chi connectivity index (χ0v) is 15.7. The molecule has 2 aliphatic heterocycles. The first kappa shape index (κ1) is 18.5. The van der Waals surface area contributed by atoms with Crippen LogP contribution in [0.1, 0.15) is 46.3 Å². The topological polar surface area (TPSA) is 76.1 Å². The van der Waals surface area contributed by atoms with Crippen molar-refractivity contribution in [1.29, 1.82) is 0 Å². The van der Waals surface area contributed by atoms with Gasteiger partial charge in [0.2, 0.25) is 0 Å². The Morgan fingerprint density at radius 2 is 1.96 bits per heavy atom. The van der Waals surface area contributed by atoms with Gasteiger partial charge >= 0.3 is 5.97 Å². The molecule has 0 radical (unpaired) electrons. The monoisotopic (exact) mass is 381 g/mol. The minimum Gasteiger partial charge on any atom is -0.497 e. The van der Waals surface area contributed by atoms with Gasteiger partial charge in [-0.05, 0) is 42.2 Å². The molecule has 4 rings (SSSR count). The molecular weight excluding hydrogens is 358 g/mol. The van der Waals surface area contributed by atoms with E-state index >= 15 is 0 Å². The van der Waals surface area contributed by atoms with Crippen LogP contribution in [0.4, 0.5) is 0 Å². The molecule has 1 N–H and O–H groups in total. The number of nitrogens with zero attached hydrogens (tertiary/aromatic N) is 1. The maximum absolute atomic E-state index is 13.3. The molecule has 2 aromatic rings. The molecule has 0 saturated carbocycles. The number of carboxylic acid groups (broad SMARTS) is 1. The Hall–Kier alpha value is -2.86. The average Bonchev–Trinajstić information content (AvgIpc) is 3.23. The fourth-order valence-electron chi connectivity index (χ4n) is 4.24. The van der Waals surface area contributed by atoms with Crippen molar-refractivity contribution in [2.75, 3.05) is 20.3 Å². The highest BCUT2D eigenvalue weighted by Crippen LogP contribution is 2.43. The number of hydrogen-bond acceptors (Lipinski definition) is 4. The van der Waals surface area contributed by atoms with Crippen molar-refractivity contribution in [2.24, 2.45) is 0 Å². The molecule has 6 nitrogen and oxygen atoms in total. The average molecular weight is 381 g/mol. The summed E-state index contributed by atoms with van der Waals surface area (Å²) in [6.07, 6.45) is 1.77. The van der Waals surface area contributed by atoms with E-state index in [9.17, 15) is 14.7 Å². The number of amides is 1. The number of aliphatic carboxylic acids is 1. The van der Waals surface area contributed by atoms with Crippen molar-refractivity contribution >= 4 is 11.9 Å². The normalized spacial score (nSPS) is 24.1. The van der Waals surface area contributed by atoms with Crippen molar-refractivity contribution in [2.45, 2.75) is 30.9 Å². The molecule has 28 heavy (non-hydrogen) atoms. The van der Waals surface area contributed by atoms with E-state index in [0.29, 0.717) is 30.0 Å². The van der Waals surface area contributed by atoms with Gasteiger partial charge < -0.3 is 19.5 Å². The molecule has 146 valence electrons. The fourth-order valence-corrected chi connectivity index (χ4v) is 4.24. The highest BCUT2D eigenvalue weighted by Gasteiger charge is 2.45. The van der Waals surface area contributed by atoms with Crippen LogP contribution in [0.5, 0.6) is 5.75 Å². The number of rotatable bonds is 5. The third kappa shape index (κ3) is 3.24. The van der Waals surface area contributed by atoms with Crippen LogP contribution in [0.3, 0.4) is 0 Å². The van der Waals surface area contributed by atoms with Crippen LogP contribution < -0.4 is 4.74 Å². The molecule has 2 aliphatic rings. The molecule has 2 heterocycles. The molecule has 0 unspecified atom stereocenters. The Balaban J connectivity index is 1.82. The van der Waals surface area contributed by atoms with Gasteiger partial charge in [-0.2, -0.15) is 0 Å². The third-order valence-corrected chi connectivity index (χ3v) is 5.59. The molecule has 2 aromatic carbocycles. The lowest BCUT2D eigenvalue weighted by Crippen LogP contribution is -2.47. The highest BCUT2D eigenvalue weighted by molar-refractivity contribution is 6.00. The van der Waals surface area contributed by atoms with E-state index in [1.54, 1.807) is 48.4 Å². The smallest absolute Gasteiger partial charge is 0.313 e. The van der Waals surface area contributed by atoms with Crippen molar-refractivity contribution in [3.63, 3.8) is 0 Å². The maximum Gasteiger partial charge on any atom is 0.313 e. The molecule has 1 amide bonds. The zero-order valence-electron chi connectivity index (χ0n) is 15.7. The largest absolute Gasteiger partial charge is 0.497 e. The summed E-state index contributed by atoms with van der Waals surface area (Å²) in [5.41, 5.74) is 1.79. The van der Waals surface area contributed by atoms with Gasteiger partial charge in [0.15, 0.2) is 0 Å². The lowest BCUT2D eigenvalue weighted by Gasteiger charge is -2.41. The van der Waals surface area contributed by atoms with Crippen LogP contribution in [0.25, 0.3) is 0 Å². The van der Waals surface area contributed by atoms with Crippen LogP contribution >= 0.6 is 0 Å². The van der Waals surface area contributed by atoms with E-state index in [0.717, 1.165) is 18.4 Å². The number of ether oxygens (including phenoxy) is 2. The molecule has 3 atom stereocenters. The minimum absolute atomic E-state index is 0.0654. The third-order valence-electron chi connectivity index (χ3n) is 5.59. The lowest BCUT2D eigenvalue weighted by molar-refractivity contribution is -0.140. The standard InChI is InChI=1S/C22H23NO5/c1-27-15-10-8-14(9-11-15)20-19(22(25)26)17-6-2-3-7-18(17)21(24)23(20)13-16-5-4-12-28-16/h2-3,6-11,16,19-20H,4-5,12-13H2,1H3,(H,25,26)/t16-,19-,20-/m1/s1. The van der Waals surface area contributed by atoms with Crippen molar-refractivity contribution < 1.29 is 24.2 Å². The Labute approximate surface area is 163 Å². The Morgan fingerprint density at radius 3 is 2.61 bits per heavy atom. The van der Waals surface area contributed by atoms with Crippen LogP contribution in [0, 0.1) is 0 Å². The molecule has 1 fully saturated rings.